The average Bonchev–Trinajstić information content (AvgIpc) is 2.28. The van der Waals surface area contributed by atoms with Crippen LogP contribution in [-0.4, -0.2) is 17.6 Å². The lowest BCUT2D eigenvalue weighted by atomic mass is 10.1. The molecule has 0 aliphatic heterocycles. The molecule has 0 aromatic heterocycles. The lowest BCUT2D eigenvalue weighted by Gasteiger charge is -2.14. The molecule has 0 fully saturated rings. The summed E-state index contributed by atoms with van der Waals surface area (Å²) in [7, 11) is 0. The number of halogens is 2. The van der Waals surface area contributed by atoms with Crippen LogP contribution in [0.4, 0.5) is 8.78 Å². The van der Waals surface area contributed by atoms with Crippen molar-refractivity contribution in [3.05, 3.63) is 0 Å². The van der Waals surface area contributed by atoms with E-state index in [1.54, 1.807) is 6.92 Å². The highest BCUT2D eigenvalue weighted by atomic mass is 32.2. The molecule has 0 rings (SSSR count). The molecule has 0 unspecified atom stereocenters. The Morgan fingerprint density at radius 2 is 1.83 bits per heavy atom. The number of carbonyl (C=O) groups is 1. The number of rotatable bonds is 11. The standard InChI is InChI=1S/C13H24F2O2S/c1-3-5-6-8-12(16)17-18-11-7-10-13(14,15)9-4-2/h3-11H2,1-2H3. The molecule has 0 aromatic carbocycles. The molecular formula is C13H24F2O2S. The molecule has 0 aromatic rings. The lowest BCUT2D eigenvalue weighted by Crippen LogP contribution is -2.15. The maximum atomic E-state index is 13.1. The van der Waals surface area contributed by atoms with Gasteiger partial charge in [0, 0.05) is 25.0 Å². The molecule has 0 aliphatic rings. The molecule has 0 saturated carbocycles. The number of hydrogen-bond donors (Lipinski definition) is 0. The van der Waals surface area contributed by atoms with Crippen LogP contribution in [0.15, 0.2) is 0 Å². The zero-order valence-electron chi connectivity index (χ0n) is 11.3. The van der Waals surface area contributed by atoms with E-state index in [-0.39, 0.29) is 18.8 Å². The summed E-state index contributed by atoms with van der Waals surface area (Å²) in [5.41, 5.74) is 0. The van der Waals surface area contributed by atoms with Gasteiger partial charge < -0.3 is 4.18 Å². The summed E-state index contributed by atoms with van der Waals surface area (Å²) in [6, 6.07) is 0. The second-order valence-corrected chi connectivity index (χ2v) is 5.25. The molecule has 0 saturated heterocycles. The van der Waals surface area contributed by atoms with Crippen LogP contribution in [0.5, 0.6) is 0 Å². The summed E-state index contributed by atoms with van der Waals surface area (Å²) in [5, 5.41) is 0. The van der Waals surface area contributed by atoms with Crippen molar-refractivity contribution in [3.63, 3.8) is 0 Å². The molecule has 0 radical (unpaired) electrons. The zero-order valence-corrected chi connectivity index (χ0v) is 12.2. The highest BCUT2D eigenvalue weighted by molar-refractivity contribution is 7.95. The highest BCUT2D eigenvalue weighted by Crippen LogP contribution is 2.26. The van der Waals surface area contributed by atoms with Crippen LogP contribution in [0.2, 0.25) is 0 Å². The van der Waals surface area contributed by atoms with Crippen molar-refractivity contribution in [2.75, 3.05) is 5.75 Å². The molecule has 18 heavy (non-hydrogen) atoms. The Labute approximate surface area is 113 Å². The smallest absolute Gasteiger partial charge is 0.317 e. The predicted molar refractivity (Wildman–Crippen MR) is 71.8 cm³/mol. The van der Waals surface area contributed by atoms with Gasteiger partial charge in [-0.1, -0.05) is 33.1 Å². The molecule has 0 N–H and O–H groups in total. The molecule has 0 aliphatic carbocycles. The Morgan fingerprint density at radius 1 is 1.11 bits per heavy atom. The third-order valence-corrected chi connectivity index (χ3v) is 3.28. The first-order valence-electron chi connectivity index (χ1n) is 6.72. The minimum atomic E-state index is -2.57. The van der Waals surface area contributed by atoms with Crippen LogP contribution >= 0.6 is 12.0 Å². The first kappa shape index (κ1) is 17.7. The Balaban J connectivity index is 3.42. The summed E-state index contributed by atoms with van der Waals surface area (Å²) in [4.78, 5) is 11.2. The van der Waals surface area contributed by atoms with Crippen LogP contribution in [0.1, 0.15) is 65.2 Å². The second-order valence-electron chi connectivity index (χ2n) is 4.44. The first-order chi connectivity index (χ1) is 8.52. The van der Waals surface area contributed by atoms with Crippen LogP contribution in [-0.2, 0) is 8.98 Å². The van der Waals surface area contributed by atoms with Gasteiger partial charge in [-0.25, -0.2) is 8.78 Å². The number of alkyl halides is 2. The van der Waals surface area contributed by atoms with Crippen molar-refractivity contribution < 1.29 is 17.8 Å². The maximum absolute atomic E-state index is 13.1. The lowest BCUT2D eigenvalue weighted by molar-refractivity contribution is -0.133. The molecule has 0 heterocycles. The monoisotopic (exact) mass is 282 g/mol. The van der Waals surface area contributed by atoms with Gasteiger partial charge in [-0.05, 0) is 12.8 Å². The van der Waals surface area contributed by atoms with Crippen LogP contribution in [0.3, 0.4) is 0 Å². The van der Waals surface area contributed by atoms with E-state index in [1.165, 1.54) is 0 Å². The number of carbonyl (C=O) groups excluding carboxylic acids is 1. The van der Waals surface area contributed by atoms with Crippen molar-refractivity contribution in [2.24, 2.45) is 0 Å². The van der Waals surface area contributed by atoms with Gasteiger partial charge in [-0.15, -0.1) is 0 Å². The molecule has 0 spiro atoms. The topological polar surface area (TPSA) is 26.3 Å². The quantitative estimate of drug-likeness (QED) is 0.395. The van der Waals surface area contributed by atoms with E-state index in [4.69, 9.17) is 4.18 Å². The van der Waals surface area contributed by atoms with Gasteiger partial charge in [-0.2, -0.15) is 0 Å². The average molecular weight is 282 g/mol. The van der Waals surface area contributed by atoms with Crippen molar-refractivity contribution in [1.29, 1.82) is 0 Å². The van der Waals surface area contributed by atoms with E-state index >= 15 is 0 Å². The number of hydrogen-bond acceptors (Lipinski definition) is 3. The third-order valence-electron chi connectivity index (χ3n) is 2.52. The Hall–Kier alpha value is -0.320. The first-order valence-corrected chi connectivity index (χ1v) is 7.63. The summed E-state index contributed by atoms with van der Waals surface area (Å²) in [5.74, 6) is -2.37. The predicted octanol–water partition coefficient (Wildman–Crippen LogP) is 4.97. The molecule has 0 atom stereocenters. The van der Waals surface area contributed by atoms with E-state index in [2.05, 4.69) is 6.92 Å². The van der Waals surface area contributed by atoms with Gasteiger partial charge in [0.1, 0.15) is 0 Å². The molecular weight excluding hydrogens is 258 g/mol. The van der Waals surface area contributed by atoms with Gasteiger partial charge in [0.15, 0.2) is 0 Å². The summed E-state index contributed by atoms with van der Waals surface area (Å²) in [6.07, 6.45) is 4.02. The van der Waals surface area contributed by atoms with Gasteiger partial charge in [0.2, 0.25) is 5.92 Å². The van der Waals surface area contributed by atoms with Crippen LogP contribution in [0.25, 0.3) is 0 Å². The van der Waals surface area contributed by atoms with Gasteiger partial charge in [0.05, 0.1) is 12.0 Å². The second kappa shape index (κ2) is 10.6. The largest absolute Gasteiger partial charge is 0.391 e. The third kappa shape index (κ3) is 10.8. The minimum Gasteiger partial charge on any atom is -0.391 e. The van der Waals surface area contributed by atoms with Crippen molar-refractivity contribution in [1.82, 2.24) is 0 Å². The molecule has 2 nitrogen and oxygen atoms in total. The van der Waals surface area contributed by atoms with Crippen molar-refractivity contribution >= 4 is 18.0 Å². The molecule has 5 heteroatoms. The molecule has 0 amide bonds. The van der Waals surface area contributed by atoms with E-state index < -0.39 is 5.92 Å². The minimum absolute atomic E-state index is 0.0610. The normalized spacial score (nSPS) is 11.6. The summed E-state index contributed by atoms with van der Waals surface area (Å²) >= 11 is 0.995. The fourth-order valence-electron chi connectivity index (χ4n) is 1.55. The summed E-state index contributed by atoms with van der Waals surface area (Å²) < 4.78 is 31.1. The van der Waals surface area contributed by atoms with Crippen LogP contribution in [0, 0.1) is 0 Å². The van der Waals surface area contributed by atoms with E-state index in [9.17, 15) is 13.6 Å². The van der Waals surface area contributed by atoms with Crippen LogP contribution < -0.4 is 0 Å². The van der Waals surface area contributed by atoms with Crippen molar-refractivity contribution in [3.8, 4) is 0 Å². The molecule has 0 bridgehead atoms. The highest BCUT2D eigenvalue weighted by Gasteiger charge is 2.26. The van der Waals surface area contributed by atoms with Gasteiger partial charge >= 0.3 is 5.97 Å². The van der Waals surface area contributed by atoms with Gasteiger partial charge in [-0.3, -0.25) is 4.79 Å². The number of unbranched alkanes of at least 4 members (excludes halogenated alkanes) is 2. The van der Waals surface area contributed by atoms with E-state index in [1.807, 2.05) is 0 Å². The zero-order chi connectivity index (χ0) is 13.9. The Kier molecular flexibility index (Phi) is 10.4. The van der Waals surface area contributed by atoms with Crippen molar-refractivity contribution in [2.45, 2.75) is 71.1 Å². The van der Waals surface area contributed by atoms with E-state index in [0.29, 0.717) is 25.0 Å². The SMILES string of the molecule is CCCCCC(=O)OSCCCC(F)(F)CCC. The maximum Gasteiger partial charge on any atom is 0.317 e. The van der Waals surface area contributed by atoms with Gasteiger partial charge in [0.25, 0.3) is 0 Å². The fraction of sp³-hybridized carbons (Fsp3) is 0.923. The van der Waals surface area contributed by atoms with E-state index in [0.717, 1.165) is 31.3 Å². The fourth-order valence-corrected chi connectivity index (χ4v) is 2.11. The Morgan fingerprint density at radius 3 is 2.44 bits per heavy atom. The Bertz CT molecular complexity index is 223. The molecule has 108 valence electrons. The summed E-state index contributed by atoms with van der Waals surface area (Å²) in [6.45, 7) is 3.82.